The number of aliphatic imine (C=N–C) groups is 1. The van der Waals surface area contributed by atoms with Crippen LogP contribution in [-0.2, 0) is 20.6 Å². The number of guanidine groups is 1. The van der Waals surface area contributed by atoms with Crippen molar-refractivity contribution in [2.45, 2.75) is 82.5 Å². The maximum atomic E-state index is 7.19. The van der Waals surface area contributed by atoms with Crippen molar-refractivity contribution >= 4 is 11.6 Å². The monoisotopic (exact) mass is 649 g/mol. The first-order valence-corrected chi connectivity index (χ1v) is 17.5. The van der Waals surface area contributed by atoms with Gasteiger partial charge in [-0.3, -0.25) is 0 Å². The number of ether oxygens (including phenoxy) is 2. The Labute approximate surface area is 291 Å². The number of hydrogen-bond acceptors (Lipinski definition) is 5. The molecule has 1 fully saturated rings. The molecule has 0 spiro atoms. The predicted molar refractivity (Wildman–Crippen MR) is 200 cm³/mol. The molecule has 7 rings (SSSR count). The number of fused-ring (bicyclic) bond motifs is 1. The number of para-hydroxylation sites is 1. The van der Waals surface area contributed by atoms with Gasteiger partial charge in [-0.15, -0.1) is 0 Å². The first kappa shape index (κ1) is 32.8. The summed E-state index contributed by atoms with van der Waals surface area (Å²) in [6.45, 7) is 13.0. The summed E-state index contributed by atoms with van der Waals surface area (Å²) >= 11 is 0. The molecule has 250 valence electrons. The number of benzene rings is 5. The number of hydrogen-bond donors (Lipinski definition) is 2. The standard InChI is InChI=1S/C44H47N3O2/c1-30(2)36-28-19-29-37(31(3)4)38(36)45-41-46-43(32-20-11-7-12-21-32,33-22-13-8-14-23-33)39-40(49-42(5,6)48-39)44(47-41,34-24-15-9-16-25-34)35-26-17-10-18-27-35/h7-31,39-40H,1-6H3,(H2,45,46,47)/t39-,40-/m1/s1. The molecule has 49 heavy (non-hydrogen) atoms. The van der Waals surface area contributed by atoms with Crippen molar-refractivity contribution in [1.29, 1.82) is 0 Å². The van der Waals surface area contributed by atoms with Crippen LogP contribution < -0.4 is 10.6 Å². The number of nitrogens with one attached hydrogen (secondary N) is 2. The Morgan fingerprint density at radius 3 is 1.39 bits per heavy atom. The summed E-state index contributed by atoms with van der Waals surface area (Å²) in [6.07, 6.45) is -1.05. The molecule has 2 aliphatic heterocycles. The Hall–Kier alpha value is -4.71. The van der Waals surface area contributed by atoms with E-state index in [0.29, 0.717) is 17.8 Å². The third kappa shape index (κ3) is 5.75. The Morgan fingerprint density at radius 1 is 0.551 bits per heavy atom. The quantitative estimate of drug-likeness (QED) is 0.184. The predicted octanol–water partition coefficient (Wildman–Crippen LogP) is 9.71. The van der Waals surface area contributed by atoms with Gasteiger partial charge in [0.1, 0.15) is 23.3 Å². The summed E-state index contributed by atoms with van der Waals surface area (Å²) in [6, 6.07) is 49.0. The van der Waals surface area contributed by atoms with E-state index in [2.05, 4.69) is 178 Å². The molecule has 5 nitrogen and oxygen atoms in total. The van der Waals surface area contributed by atoms with E-state index in [0.717, 1.165) is 27.9 Å². The van der Waals surface area contributed by atoms with Crippen LogP contribution in [0.15, 0.2) is 145 Å². The van der Waals surface area contributed by atoms with Crippen LogP contribution in [0.5, 0.6) is 0 Å². The van der Waals surface area contributed by atoms with Gasteiger partial charge in [-0.1, -0.05) is 167 Å². The minimum absolute atomic E-state index is 0.292. The maximum absolute atomic E-state index is 7.19. The second-order valence-corrected chi connectivity index (χ2v) is 14.3. The maximum Gasteiger partial charge on any atom is 0.198 e. The molecule has 0 radical (unpaired) electrons. The average molecular weight is 650 g/mol. The topological polar surface area (TPSA) is 54.9 Å². The summed E-state index contributed by atoms with van der Waals surface area (Å²) in [4.78, 5) is 5.89. The van der Waals surface area contributed by atoms with Gasteiger partial charge in [0, 0.05) is 5.69 Å². The van der Waals surface area contributed by atoms with E-state index < -0.39 is 29.1 Å². The van der Waals surface area contributed by atoms with Gasteiger partial charge in [-0.2, -0.15) is 0 Å². The molecule has 0 saturated carbocycles. The lowest BCUT2D eigenvalue weighted by Crippen LogP contribution is -2.59. The van der Waals surface area contributed by atoms with Gasteiger partial charge in [0.15, 0.2) is 11.7 Å². The minimum atomic E-state index is -0.994. The van der Waals surface area contributed by atoms with Gasteiger partial charge < -0.3 is 20.1 Å². The fraction of sp³-hybridized carbons (Fsp3) is 0.295. The van der Waals surface area contributed by atoms with E-state index in [-0.39, 0.29) is 0 Å². The molecule has 2 aliphatic rings. The van der Waals surface area contributed by atoms with E-state index in [1.807, 2.05) is 13.8 Å². The lowest BCUT2D eigenvalue weighted by molar-refractivity contribution is -0.155. The van der Waals surface area contributed by atoms with Crippen LogP contribution in [0.2, 0.25) is 0 Å². The van der Waals surface area contributed by atoms with Crippen LogP contribution in [-0.4, -0.2) is 24.0 Å². The molecule has 0 unspecified atom stereocenters. The minimum Gasteiger partial charge on any atom is -0.341 e. The van der Waals surface area contributed by atoms with Crippen molar-refractivity contribution in [1.82, 2.24) is 5.32 Å². The normalized spacial score (nSPS) is 20.6. The van der Waals surface area contributed by atoms with Crippen LogP contribution in [0.25, 0.3) is 0 Å². The highest BCUT2D eigenvalue weighted by atomic mass is 16.8. The van der Waals surface area contributed by atoms with E-state index in [1.54, 1.807) is 0 Å². The molecular formula is C44H47N3O2. The molecule has 2 atom stereocenters. The second kappa shape index (κ2) is 13.0. The molecule has 5 heteroatoms. The molecular weight excluding hydrogens is 603 g/mol. The molecule has 0 aromatic heterocycles. The highest BCUT2D eigenvalue weighted by Crippen LogP contribution is 2.53. The van der Waals surface area contributed by atoms with Crippen LogP contribution >= 0.6 is 0 Å². The Bertz CT molecular complexity index is 1800. The molecule has 0 amide bonds. The molecule has 5 aromatic rings. The molecule has 1 saturated heterocycles. The van der Waals surface area contributed by atoms with Gasteiger partial charge in [-0.25, -0.2) is 4.99 Å². The van der Waals surface area contributed by atoms with Crippen molar-refractivity contribution in [3.63, 3.8) is 0 Å². The van der Waals surface area contributed by atoms with Crippen molar-refractivity contribution in [3.8, 4) is 0 Å². The summed E-state index contributed by atoms with van der Waals surface area (Å²) in [5.74, 6) is 0.339. The number of rotatable bonds is 7. The SMILES string of the molecule is CC(C)c1cccc(C(C)C)c1NC1=NC(c2ccccc2)(c2ccccc2)[C@@H]2OC(C)(C)O[C@H]2C(c2ccccc2)(c2ccccc2)N1. The van der Waals surface area contributed by atoms with Crippen LogP contribution in [0, 0.1) is 0 Å². The largest absolute Gasteiger partial charge is 0.341 e. The van der Waals surface area contributed by atoms with Gasteiger partial charge >= 0.3 is 0 Å². The summed E-state index contributed by atoms with van der Waals surface area (Å²) in [7, 11) is 0. The lowest BCUT2D eigenvalue weighted by atomic mass is 9.69. The summed E-state index contributed by atoms with van der Waals surface area (Å²) < 4.78 is 14.4. The van der Waals surface area contributed by atoms with Gasteiger partial charge in [0.25, 0.3) is 0 Å². The molecule has 0 bridgehead atoms. The molecule has 2 heterocycles. The zero-order valence-corrected chi connectivity index (χ0v) is 29.4. The van der Waals surface area contributed by atoms with Gasteiger partial charge in [-0.05, 0) is 59.1 Å². The van der Waals surface area contributed by atoms with E-state index in [9.17, 15) is 0 Å². The van der Waals surface area contributed by atoms with Crippen LogP contribution in [0.4, 0.5) is 5.69 Å². The van der Waals surface area contributed by atoms with Gasteiger partial charge in [0.2, 0.25) is 0 Å². The van der Waals surface area contributed by atoms with E-state index >= 15 is 0 Å². The van der Waals surface area contributed by atoms with E-state index in [1.165, 1.54) is 11.1 Å². The van der Waals surface area contributed by atoms with Crippen molar-refractivity contribution < 1.29 is 9.47 Å². The lowest BCUT2D eigenvalue weighted by Gasteiger charge is -2.43. The number of nitrogens with zero attached hydrogens (tertiary/aromatic N) is 1. The fourth-order valence-electron chi connectivity index (χ4n) is 7.83. The second-order valence-electron chi connectivity index (χ2n) is 14.3. The van der Waals surface area contributed by atoms with Crippen LogP contribution in [0.1, 0.15) is 86.8 Å². The molecule has 2 N–H and O–H groups in total. The Kier molecular flexibility index (Phi) is 8.68. The zero-order valence-electron chi connectivity index (χ0n) is 29.4. The average Bonchev–Trinajstić information content (AvgIpc) is 3.40. The summed E-state index contributed by atoms with van der Waals surface area (Å²) in [5, 5.41) is 8.03. The summed E-state index contributed by atoms with van der Waals surface area (Å²) in [5.41, 5.74) is 5.84. The Balaban J connectivity index is 1.60. The molecule has 5 aromatic carbocycles. The van der Waals surface area contributed by atoms with Crippen molar-refractivity contribution in [2.24, 2.45) is 4.99 Å². The zero-order chi connectivity index (χ0) is 34.2. The number of anilines is 1. The first-order valence-electron chi connectivity index (χ1n) is 17.5. The van der Waals surface area contributed by atoms with Crippen molar-refractivity contribution in [2.75, 3.05) is 5.32 Å². The third-order valence-electron chi connectivity index (χ3n) is 10.0. The fourth-order valence-corrected chi connectivity index (χ4v) is 7.83. The highest BCUT2D eigenvalue weighted by molar-refractivity contribution is 5.97. The third-order valence-corrected chi connectivity index (χ3v) is 10.0. The Morgan fingerprint density at radius 2 is 0.959 bits per heavy atom. The molecule has 0 aliphatic carbocycles. The van der Waals surface area contributed by atoms with Crippen LogP contribution in [0.3, 0.4) is 0 Å². The smallest absolute Gasteiger partial charge is 0.198 e. The highest BCUT2D eigenvalue weighted by Gasteiger charge is 2.64. The van der Waals surface area contributed by atoms with Gasteiger partial charge in [0.05, 0.1) is 0 Å². The van der Waals surface area contributed by atoms with Crippen molar-refractivity contribution in [3.05, 3.63) is 173 Å². The first-order chi connectivity index (χ1) is 23.7. The van der Waals surface area contributed by atoms with E-state index in [4.69, 9.17) is 14.5 Å².